The number of nitrogens with zero attached hydrogens (tertiary/aromatic N) is 5. The van der Waals surface area contributed by atoms with Gasteiger partial charge in [0.1, 0.15) is 11.9 Å². The second-order valence-electron chi connectivity index (χ2n) is 6.01. The fourth-order valence-electron chi connectivity index (χ4n) is 2.08. The summed E-state index contributed by atoms with van der Waals surface area (Å²) in [6.45, 7) is 4.05. The lowest BCUT2D eigenvalue weighted by Gasteiger charge is -2.20. The molecule has 1 aromatic heterocycles. The number of nitrogens with two attached hydrogens (primary N) is 1. The van der Waals surface area contributed by atoms with E-state index in [1.165, 1.54) is 0 Å². The van der Waals surface area contributed by atoms with Gasteiger partial charge in [-0.15, -0.1) is 0 Å². The largest absolute Gasteiger partial charge is 0.394 e. The molecule has 146 valence electrons. The molecule has 0 bridgehead atoms. The Morgan fingerprint density at radius 2 is 2.23 bits per heavy atom. The minimum atomic E-state index is -3.71. The third-order valence-electron chi connectivity index (χ3n) is 3.53. The average Bonchev–Trinajstić information content (AvgIpc) is 2.78. The van der Waals surface area contributed by atoms with Crippen LogP contribution in [0.2, 0.25) is 0 Å². The predicted octanol–water partition coefficient (Wildman–Crippen LogP) is 1.05. The van der Waals surface area contributed by atoms with E-state index in [0.717, 1.165) is 18.7 Å². The molecular weight excluding hydrogens is 354 g/mol. The number of aliphatic hydroxyl groups is 2. The maximum absolute atomic E-state index is 13.7. The molecule has 26 heavy (non-hydrogen) atoms. The first kappa shape index (κ1) is 21.8. The van der Waals surface area contributed by atoms with Crippen LogP contribution in [-0.2, 0) is 4.74 Å². The van der Waals surface area contributed by atoms with Crippen molar-refractivity contribution in [1.82, 2.24) is 9.55 Å². The van der Waals surface area contributed by atoms with Crippen LogP contribution >= 0.6 is 0 Å². The van der Waals surface area contributed by atoms with Gasteiger partial charge in [-0.3, -0.25) is 4.57 Å². The summed E-state index contributed by atoms with van der Waals surface area (Å²) in [5.74, 6) is -3.19. The van der Waals surface area contributed by atoms with Crippen LogP contribution in [0.5, 0.6) is 0 Å². The number of hydrogen-bond acceptors (Lipinski definition) is 7. The van der Waals surface area contributed by atoms with Gasteiger partial charge in [0.15, 0.2) is 6.10 Å². The predicted molar refractivity (Wildman–Crippen MR) is 88.3 cm³/mol. The van der Waals surface area contributed by atoms with E-state index in [9.17, 15) is 18.7 Å². The summed E-state index contributed by atoms with van der Waals surface area (Å²) in [6.07, 6.45) is -3.70. The maximum atomic E-state index is 13.7. The lowest BCUT2D eigenvalue weighted by atomic mass is 10.1. The van der Waals surface area contributed by atoms with Crippen LogP contribution in [0.15, 0.2) is 22.2 Å². The lowest BCUT2D eigenvalue weighted by molar-refractivity contribution is -0.140. The SMILES string of the molecule is CC(C)CCN=[N+]=[N-].Nc1ccn([C@@H]2O[C@H](CO)[C@@H](O)C2(F)F)c(=O)n1. The number of hydrogen-bond donors (Lipinski definition) is 3. The Balaban J connectivity index is 0.000000359. The van der Waals surface area contributed by atoms with Crippen molar-refractivity contribution in [1.29, 1.82) is 0 Å². The molecular formula is C14H22F2N6O4. The smallest absolute Gasteiger partial charge is 0.351 e. The number of aliphatic hydroxyl groups excluding tert-OH is 2. The molecule has 1 aromatic rings. The molecule has 1 aliphatic rings. The molecule has 1 aliphatic heterocycles. The van der Waals surface area contributed by atoms with Crippen LogP contribution in [0.1, 0.15) is 26.5 Å². The van der Waals surface area contributed by atoms with Gasteiger partial charge in [0.2, 0.25) is 6.23 Å². The quantitative estimate of drug-likeness (QED) is 0.396. The summed E-state index contributed by atoms with van der Waals surface area (Å²) in [5.41, 5.74) is 12.0. The summed E-state index contributed by atoms with van der Waals surface area (Å²) >= 11 is 0. The van der Waals surface area contributed by atoms with E-state index in [2.05, 4.69) is 28.9 Å². The van der Waals surface area contributed by atoms with Gasteiger partial charge in [0.25, 0.3) is 0 Å². The summed E-state index contributed by atoms with van der Waals surface area (Å²) in [4.78, 5) is 17.4. The van der Waals surface area contributed by atoms with Gasteiger partial charge in [-0.1, -0.05) is 19.0 Å². The molecule has 0 amide bonds. The number of alkyl halides is 2. The molecule has 3 atom stereocenters. The highest BCUT2D eigenvalue weighted by Gasteiger charge is 2.59. The Morgan fingerprint density at radius 1 is 1.58 bits per heavy atom. The van der Waals surface area contributed by atoms with Gasteiger partial charge >= 0.3 is 11.6 Å². The Bertz CT molecular complexity index is 692. The first-order chi connectivity index (χ1) is 12.1. The lowest BCUT2D eigenvalue weighted by Crippen LogP contribution is -2.41. The Morgan fingerprint density at radius 3 is 2.69 bits per heavy atom. The van der Waals surface area contributed by atoms with E-state index >= 15 is 0 Å². The second-order valence-corrected chi connectivity index (χ2v) is 6.01. The van der Waals surface area contributed by atoms with E-state index in [1.54, 1.807) is 0 Å². The number of halogens is 2. The monoisotopic (exact) mass is 376 g/mol. The molecule has 0 spiro atoms. The zero-order valence-electron chi connectivity index (χ0n) is 14.4. The Kier molecular flexibility index (Phi) is 7.90. The minimum Gasteiger partial charge on any atom is -0.394 e. The number of nitrogen functional groups attached to an aromatic ring is 1. The van der Waals surface area contributed by atoms with Crippen molar-refractivity contribution in [3.05, 3.63) is 33.2 Å². The summed E-state index contributed by atoms with van der Waals surface area (Å²) in [7, 11) is 0. The Hall–Kier alpha value is -2.27. The van der Waals surface area contributed by atoms with E-state index < -0.39 is 36.7 Å². The fraction of sp³-hybridized carbons (Fsp3) is 0.714. The molecule has 0 aromatic carbocycles. The number of azide groups is 1. The molecule has 0 unspecified atom stereocenters. The average molecular weight is 376 g/mol. The van der Waals surface area contributed by atoms with Crippen molar-refractivity contribution in [3.8, 4) is 0 Å². The van der Waals surface area contributed by atoms with Gasteiger partial charge in [-0.25, -0.2) is 4.79 Å². The first-order valence-corrected chi connectivity index (χ1v) is 7.82. The standard InChI is InChI=1S/C9H11F2N3O4.C5H11N3/c10-9(11)6(16)4(3-15)18-7(9)14-2-1-5(12)13-8(14)17;1-5(2)3-4-7-8-6/h1-2,4,6-7,15-16H,3H2,(H2,12,13,17);5H,3-4H2,1-2H3/t4-,6-,7-;/m1./s1. The normalized spacial score (nSPS) is 23.9. The highest BCUT2D eigenvalue weighted by Crippen LogP contribution is 2.41. The zero-order chi connectivity index (χ0) is 19.9. The third-order valence-corrected chi connectivity index (χ3v) is 3.53. The third kappa shape index (κ3) is 5.36. The summed E-state index contributed by atoms with van der Waals surface area (Å²) in [6, 6.07) is 1.15. The highest BCUT2D eigenvalue weighted by molar-refractivity contribution is 5.23. The second kappa shape index (κ2) is 9.43. The van der Waals surface area contributed by atoms with Crippen molar-refractivity contribution in [2.45, 2.75) is 44.6 Å². The fourth-order valence-corrected chi connectivity index (χ4v) is 2.08. The molecule has 12 heteroatoms. The van der Waals surface area contributed by atoms with Crippen molar-refractivity contribution in [2.75, 3.05) is 18.9 Å². The van der Waals surface area contributed by atoms with Crippen LogP contribution in [0.25, 0.3) is 10.4 Å². The van der Waals surface area contributed by atoms with Gasteiger partial charge in [-0.2, -0.15) is 13.8 Å². The first-order valence-electron chi connectivity index (χ1n) is 7.82. The van der Waals surface area contributed by atoms with Crippen molar-refractivity contribution in [3.63, 3.8) is 0 Å². The summed E-state index contributed by atoms with van der Waals surface area (Å²) in [5, 5.41) is 21.5. The summed E-state index contributed by atoms with van der Waals surface area (Å²) < 4.78 is 32.7. The van der Waals surface area contributed by atoms with Crippen molar-refractivity contribution >= 4 is 5.82 Å². The zero-order valence-corrected chi connectivity index (χ0v) is 14.4. The van der Waals surface area contributed by atoms with E-state index in [4.69, 9.17) is 21.1 Å². The number of anilines is 1. The van der Waals surface area contributed by atoms with Gasteiger partial charge in [0.05, 0.1) is 6.61 Å². The van der Waals surface area contributed by atoms with Crippen LogP contribution in [0, 0.1) is 5.92 Å². The number of aromatic nitrogens is 2. The molecule has 0 radical (unpaired) electrons. The van der Waals surface area contributed by atoms with Crippen LogP contribution < -0.4 is 11.4 Å². The van der Waals surface area contributed by atoms with E-state index in [0.29, 0.717) is 17.0 Å². The maximum Gasteiger partial charge on any atom is 0.351 e. The van der Waals surface area contributed by atoms with Crippen molar-refractivity contribution < 1.29 is 23.7 Å². The van der Waals surface area contributed by atoms with E-state index in [1.807, 2.05) is 0 Å². The topological polar surface area (TPSA) is 159 Å². The van der Waals surface area contributed by atoms with E-state index in [-0.39, 0.29) is 5.82 Å². The molecule has 1 fully saturated rings. The van der Waals surface area contributed by atoms with Gasteiger partial charge in [0, 0.05) is 17.7 Å². The molecule has 2 rings (SSSR count). The highest BCUT2D eigenvalue weighted by atomic mass is 19.3. The minimum absolute atomic E-state index is 0.114. The molecule has 1 saturated heterocycles. The van der Waals surface area contributed by atoms with Gasteiger partial charge < -0.3 is 20.7 Å². The van der Waals surface area contributed by atoms with Gasteiger partial charge in [-0.05, 0) is 23.9 Å². The molecule has 10 nitrogen and oxygen atoms in total. The van der Waals surface area contributed by atoms with Crippen LogP contribution in [0.3, 0.4) is 0 Å². The molecule has 4 N–H and O–H groups in total. The Labute approximate surface area is 147 Å². The molecule has 0 aliphatic carbocycles. The molecule has 0 saturated carbocycles. The molecule has 2 heterocycles. The van der Waals surface area contributed by atoms with Crippen molar-refractivity contribution in [2.24, 2.45) is 11.0 Å². The number of ether oxygens (including phenoxy) is 1. The number of rotatable bonds is 5. The van der Waals surface area contributed by atoms with Crippen LogP contribution in [0.4, 0.5) is 14.6 Å². The van der Waals surface area contributed by atoms with Crippen LogP contribution in [-0.4, -0.2) is 51.0 Å².